The van der Waals surface area contributed by atoms with Gasteiger partial charge in [-0.2, -0.15) is 5.10 Å². The molecule has 0 radical (unpaired) electrons. The van der Waals surface area contributed by atoms with Gasteiger partial charge in [0.15, 0.2) is 0 Å². The van der Waals surface area contributed by atoms with E-state index in [1.54, 1.807) is 0 Å². The molecule has 4 rings (SSSR count). The van der Waals surface area contributed by atoms with E-state index < -0.39 is 5.41 Å². The van der Waals surface area contributed by atoms with Gasteiger partial charge in [-0.3, -0.25) is 10.8 Å². The molecule has 0 bridgehead atoms. The van der Waals surface area contributed by atoms with E-state index in [1.165, 1.54) is 22.9 Å². The molecule has 6 heteroatoms. The zero-order valence-electron chi connectivity index (χ0n) is 21.7. The van der Waals surface area contributed by atoms with Crippen LogP contribution >= 0.6 is 11.8 Å². The molecule has 2 aromatic carbocycles. The van der Waals surface area contributed by atoms with Gasteiger partial charge in [0.05, 0.1) is 27.9 Å². The Morgan fingerprint density at radius 1 is 1.06 bits per heavy atom. The summed E-state index contributed by atoms with van der Waals surface area (Å²) in [5, 5.41) is 27.7. The molecular weight excluding hydrogens is 450 g/mol. The van der Waals surface area contributed by atoms with Crippen LogP contribution in [-0.2, 0) is 11.0 Å². The van der Waals surface area contributed by atoms with Crippen molar-refractivity contribution in [1.29, 1.82) is 10.8 Å². The van der Waals surface area contributed by atoms with Crippen molar-refractivity contribution in [1.82, 2.24) is 9.78 Å². The summed E-state index contributed by atoms with van der Waals surface area (Å²) in [4.78, 5) is 0. The van der Waals surface area contributed by atoms with Crippen molar-refractivity contribution in [3.63, 3.8) is 0 Å². The Kier molecular flexibility index (Phi) is 6.96. The van der Waals surface area contributed by atoms with Crippen LogP contribution in [0.15, 0.2) is 54.6 Å². The minimum absolute atomic E-state index is 0.142. The van der Waals surface area contributed by atoms with E-state index in [0.717, 1.165) is 41.9 Å². The van der Waals surface area contributed by atoms with Crippen molar-refractivity contribution < 1.29 is 0 Å². The Bertz CT molecular complexity index is 1220. The van der Waals surface area contributed by atoms with Gasteiger partial charge in [0.1, 0.15) is 10.9 Å². The molecule has 0 fully saturated rings. The first-order chi connectivity index (χ1) is 16.6. The van der Waals surface area contributed by atoms with E-state index in [0.29, 0.717) is 10.1 Å². The largest absolute Gasteiger partial charge is 0.363 e. The topological polar surface area (TPSA) is 77.6 Å². The monoisotopic (exact) mass is 487 g/mol. The van der Waals surface area contributed by atoms with Crippen LogP contribution in [0, 0.1) is 24.7 Å². The summed E-state index contributed by atoms with van der Waals surface area (Å²) in [5.74, 6) is 0.881. The SMILES string of the molecule is CCC(CC)(C(=N)SC(=N)c1c(C)nn2c1N[C@@H](c1ccccc1)CC2(C)C)c1ccc(C)cc1. The molecule has 0 saturated carbocycles. The molecule has 1 aliphatic heterocycles. The fourth-order valence-electron chi connectivity index (χ4n) is 5.29. The molecule has 5 nitrogen and oxygen atoms in total. The van der Waals surface area contributed by atoms with Gasteiger partial charge in [-0.25, -0.2) is 4.68 Å². The Hall–Kier alpha value is -2.86. The quantitative estimate of drug-likeness (QED) is 0.248. The van der Waals surface area contributed by atoms with E-state index in [4.69, 9.17) is 15.9 Å². The Balaban J connectivity index is 1.67. The predicted octanol–water partition coefficient (Wildman–Crippen LogP) is 7.59. The van der Waals surface area contributed by atoms with Gasteiger partial charge in [0.25, 0.3) is 0 Å². The molecule has 0 aliphatic carbocycles. The van der Waals surface area contributed by atoms with Gasteiger partial charge in [-0.05, 0) is 58.1 Å². The number of benzene rings is 2. The minimum atomic E-state index is -0.398. The molecule has 0 spiro atoms. The average Bonchev–Trinajstić information content (AvgIpc) is 3.18. The van der Waals surface area contributed by atoms with Crippen LogP contribution < -0.4 is 5.32 Å². The van der Waals surface area contributed by atoms with Crippen LogP contribution in [-0.4, -0.2) is 19.9 Å². The summed E-state index contributed by atoms with van der Waals surface area (Å²) in [6, 6.07) is 19.1. The summed E-state index contributed by atoms with van der Waals surface area (Å²) in [7, 11) is 0. The van der Waals surface area contributed by atoms with E-state index in [-0.39, 0.29) is 11.6 Å². The maximum absolute atomic E-state index is 9.16. The highest BCUT2D eigenvalue weighted by Gasteiger charge is 2.39. The number of hydrogen-bond acceptors (Lipinski definition) is 5. The van der Waals surface area contributed by atoms with Crippen LogP contribution in [0.5, 0.6) is 0 Å². The number of anilines is 1. The lowest BCUT2D eigenvalue weighted by atomic mass is 9.76. The van der Waals surface area contributed by atoms with Gasteiger partial charge in [-0.15, -0.1) is 0 Å². The van der Waals surface area contributed by atoms with Gasteiger partial charge in [0.2, 0.25) is 0 Å². The van der Waals surface area contributed by atoms with E-state index in [2.05, 4.69) is 88.5 Å². The smallest absolute Gasteiger partial charge is 0.135 e. The first-order valence-electron chi connectivity index (χ1n) is 12.5. The first kappa shape index (κ1) is 25.2. The summed E-state index contributed by atoms with van der Waals surface area (Å²) < 4.78 is 2.04. The van der Waals surface area contributed by atoms with Crippen molar-refractivity contribution in [2.45, 2.75) is 77.8 Å². The Morgan fingerprint density at radius 2 is 1.69 bits per heavy atom. The number of nitrogens with zero attached hydrogens (tertiary/aromatic N) is 2. The number of fused-ring (bicyclic) bond motifs is 1. The van der Waals surface area contributed by atoms with Crippen molar-refractivity contribution in [2.75, 3.05) is 5.32 Å². The Morgan fingerprint density at radius 3 is 2.29 bits per heavy atom. The van der Waals surface area contributed by atoms with Crippen molar-refractivity contribution in [2.24, 2.45) is 0 Å². The second kappa shape index (κ2) is 9.65. The number of aromatic nitrogens is 2. The number of nitrogens with one attached hydrogen (secondary N) is 3. The fraction of sp³-hybridized carbons (Fsp3) is 0.414. The lowest BCUT2D eigenvalue weighted by Crippen LogP contribution is -2.38. The van der Waals surface area contributed by atoms with Crippen molar-refractivity contribution in [3.8, 4) is 0 Å². The molecule has 184 valence electrons. The second-order valence-corrected chi connectivity index (χ2v) is 11.3. The molecular formula is C29H37N5S. The highest BCUT2D eigenvalue weighted by molar-refractivity contribution is 8.27. The molecule has 3 N–H and O–H groups in total. The first-order valence-corrected chi connectivity index (χ1v) is 13.3. The third kappa shape index (κ3) is 4.56. The van der Waals surface area contributed by atoms with E-state index in [9.17, 15) is 0 Å². The van der Waals surface area contributed by atoms with Crippen molar-refractivity contribution >= 4 is 27.7 Å². The van der Waals surface area contributed by atoms with Gasteiger partial charge >= 0.3 is 0 Å². The van der Waals surface area contributed by atoms with Crippen LogP contribution in [0.2, 0.25) is 0 Å². The molecule has 2 heterocycles. The standard InChI is InChI=1S/C29H37N5S/c1-7-29(8-2,22-16-14-19(3)15-17-22)27(31)35-25(30)24-20(4)33-34-26(24)32-23(18-28(34,5)6)21-12-10-9-11-13-21/h9-17,23,30-32H,7-8,18H2,1-6H3/t23-/m1/s1. The molecule has 0 amide bonds. The number of aryl methyl sites for hydroxylation is 2. The normalized spacial score (nSPS) is 16.9. The predicted molar refractivity (Wildman–Crippen MR) is 149 cm³/mol. The summed E-state index contributed by atoms with van der Waals surface area (Å²) >= 11 is 1.27. The van der Waals surface area contributed by atoms with Gasteiger partial charge < -0.3 is 5.32 Å². The maximum atomic E-state index is 9.16. The summed E-state index contributed by atoms with van der Waals surface area (Å²) in [6.07, 6.45) is 2.54. The molecule has 1 aliphatic rings. The fourth-order valence-corrected chi connectivity index (χ4v) is 6.45. The Labute approximate surface area is 213 Å². The number of hydrogen-bond donors (Lipinski definition) is 3. The number of thioether (sulfide) groups is 1. The minimum Gasteiger partial charge on any atom is -0.363 e. The molecule has 1 aromatic heterocycles. The number of rotatable bonds is 6. The lowest BCUT2D eigenvalue weighted by molar-refractivity contribution is 0.262. The maximum Gasteiger partial charge on any atom is 0.135 e. The van der Waals surface area contributed by atoms with E-state index in [1.807, 2.05) is 17.7 Å². The van der Waals surface area contributed by atoms with E-state index >= 15 is 0 Å². The molecule has 1 atom stereocenters. The van der Waals surface area contributed by atoms with Gasteiger partial charge in [-0.1, -0.05) is 85.8 Å². The second-order valence-electron chi connectivity index (χ2n) is 10.3. The lowest BCUT2D eigenvalue weighted by Gasteiger charge is -2.38. The zero-order chi connectivity index (χ0) is 25.4. The molecule has 0 unspecified atom stereocenters. The highest BCUT2D eigenvalue weighted by atomic mass is 32.2. The summed E-state index contributed by atoms with van der Waals surface area (Å²) in [5.41, 5.74) is 4.64. The van der Waals surface area contributed by atoms with Crippen LogP contribution in [0.4, 0.5) is 5.82 Å². The van der Waals surface area contributed by atoms with Gasteiger partial charge in [0, 0.05) is 5.41 Å². The molecule has 35 heavy (non-hydrogen) atoms. The third-order valence-corrected chi connectivity index (χ3v) is 8.53. The van der Waals surface area contributed by atoms with Crippen LogP contribution in [0.3, 0.4) is 0 Å². The third-order valence-electron chi connectivity index (χ3n) is 7.53. The van der Waals surface area contributed by atoms with Crippen LogP contribution in [0.25, 0.3) is 0 Å². The highest BCUT2D eigenvalue weighted by Crippen LogP contribution is 2.43. The average molecular weight is 488 g/mol. The zero-order valence-corrected chi connectivity index (χ0v) is 22.5. The van der Waals surface area contributed by atoms with Crippen LogP contribution in [0.1, 0.15) is 80.9 Å². The molecule has 3 aromatic rings. The van der Waals surface area contributed by atoms with Crippen molar-refractivity contribution in [3.05, 3.63) is 82.5 Å². The summed E-state index contributed by atoms with van der Waals surface area (Å²) in [6.45, 7) is 12.8. The molecule has 0 saturated heterocycles.